The number of anilines is 1. The van der Waals surface area contributed by atoms with E-state index >= 15 is 0 Å². The van der Waals surface area contributed by atoms with Gasteiger partial charge in [-0.3, -0.25) is 9.20 Å². The van der Waals surface area contributed by atoms with Crippen LogP contribution < -0.4 is 10.2 Å². The summed E-state index contributed by atoms with van der Waals surface area (Å²) in [5.41, 5.74) is 5.90. The maximum absolute atomic E-state index is 13.0. The summed E-state index contributed by atoms with van der Waals surface area (Å²) in [7, 11) is 2.05. The summed E-state index contributed by atoms with van der Waals surface area (Å²) in [6, 6.07) is 19.8. The maximum Gasteiger partial charge on any atom is 0.252 e. The first-order chi connectivity index (χ1) is 17.0. The van der Waals surface area contributed by atoms with Gasteiger partial charge in [0.15, 0.2) is 0 Å². The topological polar surface area (TPSA) is 65.4 Å². The number of aryl methyl sites for hydroxylation is 1. The number of nitrogens with one attached hydrogen (secondary N) is 2. The molecule has 0 unspecified atom stereocenters. The number of para-hydroxylation sites is 1. The van der Waals surface area contributed by atoms with E-state index in [0.717, 1.165) is 46.1 Å². The molecule has 0 radical (unpaired) electrons. The number of pyridine rings is 1. The van der Waals surface area contributed by atoms with E-state index in [1.54, 1.807) is 0 Å². The fourth-order valence-corrected chi connectivity index (χ4v) is 4.67. The van der Waals surface area contributed by atoms with Crippen LogP contribution in [0.2, 0.25) is 5.02 Å². The Labute approximate surface area is 209 Å². The van der Waals surface area contributed by atoms with Crippen LogP contribution in [0.1, 0.15) is 34.1 Å². The van der Waals surface area contributed by atoms with Gasteiger partial charge in [0, 0.05) is 48.5 Å². The monoisotopic (exact) mass is 485 g/mol. The van der Waals surface area contributed by atoms with Crippen molar-refractivity contribution in [3.63, 3.8) is 0 Å². The molecule has 35 heavy (non-hydrogen) atoms. The van der Waals surface area contributed by atoms with Crippen molar-refractivity contribution in [2.75, 3.05) is 18.5 Å². The number of H-pyrrole nitrogens is 1. The summed E-state index contributed by atoms with van der Waals surface area (Å²) in [6.07, 6.45) is 5.46. The van der Waals surface area contributed by atoms with Crippen molar-refractivity contribution >= 4 is 39.9 Å². The van der Waals surface area contributed by atoms with Gasteiger partial charge in [-0.15, -0.1) is 0 Å². The maximum atomic E-state index is 13.0. The van der Waals surface area contributed by atoms with Gasteiger partial charge >= 0.3 is 0 Å². The normalized spacial score (nSPS) is 11.3. The number of carbonyl (C=O) groups excluding carboxylic acids is 1. The molecule has 3 heterocycles. The molecule has 0 spiro atoms. The van der Waals surface area contributed by atoms with Crippen molar-refractivity contribution in [3.8, 4) is 0 Å². The van der Waals surface area contributed by atoms with Crippen molar-refractivity contribution in [3.05, 3.63) is 100 Å². The van der Waals surface area contributed by atoms with Gasteiger partial charge in [-0.2, -0.15) is 0 Å². The Hall–Kier alpha value is -3.77. The van der Waals surface area contributed by atoms with Crippen molar-refractivity contribution in [2.24, 2.45) is 0 Å². The molecular weight excluding hydrogens is 458 g/mol. The smallest absolute Gasteiger partial charge is 0.252 e. The van der Waals surface area contributed by atoms with Crippen molar-refractivity contribution in [1.29, 1.82) is 0 Å². The molecule has 0 saturated carbocycles. The van der Waals surface area contributed by atoms with E-state index in [0.29, 0.717) is 18.7 Å². The van der Waals surface area contributed by atoms with E-state index in [1.165, 1.54) is 10.9 Å². The van der Waals surface area contributed by atoms with Crippen LogP contribution in [0.25, 0.3) is 16.6 Å². The number of hydrogen-bond acceptors (Lipinski definition) is 3. The average molecular weight is 486 g/mol. The number of benzene rings is 2. The number of hydrogen-bond donors (Lipinski definition) is 2. The molecule has 6 nitrogen and oxygen atoms in total. The minimum Gasteiger partial charge on any atom is -0.361 e. The quantitative estimate of drug-likeness (QED) is 0.299. The standard InChI is InChI=1S/C28H28ClN5O/c1-3-24-28(33(2)17-19-8-11-22(29)12-9-19)34-18-21(10-13-26(34)32-24)27(35)30-15-14-20-16-31-25-7-5-4-6-23(20)25/h4-13,16,18,31H,3,14-15,17H2,1-2H3,(H,30,35). The predicted molar refractivity (Wildman–Crippen MR) is 142 cm³/mol. The fraction of sp³-hybridized carbons (Fsp3) is 0.214. The first-order valence-corrected chi connectivity index (χ1v) is 12.2. The summed E-state index contributed by atoms with van der Waals surface area (Å²) in [5.74, 6) is 0.899. The van der Waals surface area contributed by atoms with E-state index in [1.807, 2.05) is 72.4 Å². The van der Waals surface area contributed by atoms with E-state index in [9.17, 15) is 4.79 Å². The largest absolute Gasteiger partial charge is 0.361 e. The minimum absolute atomic E-state index is 0.0928. The highest BCUT2D eigenvalue weighted by Gasteiger charge is 2.17. The molecule has 0 aliphatic heterocycles. The summed E-state index contributed by atoms with van der Waals surface area (Å²) in [6.45, 7) is 3.37. The van der Waals surface area contributed by atoms with Gasteiger partial charge in [-0.25, -0.2) is 4.98 Å². The molecule has 178 valence electrons. The number of carbonyl (C=O) groups is 1. The first kappa shape index (κ1) is 23.0. The molecule has 7 heteroatoms. The van der Waals surface area contributed by atoms with Crippen molar-refractivity contribution in [2.45, 2.75) is 26.3 Å². The Morgan fingerprint density at radius 1 is 1.11 bits per heavy atom. The lowest BCUT2D eigenvalue weighted by molar-refractivity contribution is 0.0953. The lowest BCUT2D eigenvalue weighted by Crippen LogP contribution is -2.26. The summed E-state index contributed by atoms with van der Waals surface area (Å²) in [5, 5.41) is 4.99. The van der Waals surface area contributed by atoms with Crippen LogP contribution in [0.15, 0.2) is 73.1 Å². The van der Waals surface area contributed by atoms with Gasteiger partial charge < -0.3 is 15.2 Å². The Kier molecular flexibility index (Phi) is 6.47. The number of aromatic nitrogens is 3. The number of nitrogens with zero attached hydrogens (tertiary/aromatic N) is 3. The number of rotatable bonds is 8. The number of fused-ring (bicyclic) bond motifs is 2. The highest BCUT2D eigenvalue weighted by Crippen LogP contribution is 2.25. The number of aromatic amines is 1. The molecule has 2 aromatic carbocycles. The zero-order valence-electron chi connectivity index (χ0n) is 19.9. The number of halogens is 1. The van der Waals surface area contributed by atoms with E-state index < -0.39 is 0 Å². The highest BCUT2D eigenvalue weighted by molar-refractivity contribution is 6.30. The molecule has 5 rings (SSSR count). The van der Waals surface area contributed by atoms with Crippen LogP contribution >= 0.6 is 11.6 Å². The third kappa shape index (κ3) is 4.75. The SMILES string of the molecule is CCc1nc2ccc(C(=O)NCCc3c[nH]c4ccccc34)cn2c1N(C)Cc1ccc(Cl)cc1. The van der Waals surface area contributed by atoms with Gasteiger partial charge in [0.1, 0.15) is 11.5 Å². The molecule has 0 atom stereocenters. The van der Waals surface area contributed by atoms with Crippen LogP contribution in [-0.2, 0) is 19.4 Å². The van der Waals surface area contributed by atoms with Gasteiger partial charge in [0.05, 0.1) is 11.3 Å². The van der Waals surface area contributed by atoms with Crippen LogP contribution in [-0.4, -0.2) is 33.9 Å². The van der Waals surface area contributed by atoms with Gasteiger partial charge in [0.2, 0.25) is 0 Å². The zero-order chi connectivity index (χ0) is 24.4. The third-order valence-electron chi connectivity index (χ3n) is 6.31. The lowest BCUT2D eigenvalue weighted by atomic mass is 10.1. The Balaban J connectivity index is 1.34. The van der Waals surface area contributed by atoms with Gasteiger partial charge in [-0.1, -0.05) is 48.9 Å². The third-order valence-corrected chi connectivity index (χ3v) is 6.56. The van der Waals surface area contributed by atoms with Crippen LogP contribution in [0.4, 0.5) is 5.82 Å². The number of amides is 1. The molecule has 0 aliphatic rings. The Morgan fingerprint density at radius 3 is 2.71 bits per heavy atom. The molecule has 3 aromatic heterocycles. The molecule has 0 fully saturated rings. The zero-order valence-corrected chi connectivity index (χ0v) is 20.6. The predicted octanol–water partition coefficient (Wildman–Crippen LogP) is 5.64. The molecule has 0 bridgehead atoms. The second-order valence-corrected chi connectivity index (χ2v) is 9.17. The van der Waals surface area contributed by atoms with Gasteiger partial charge in [0.25, 0.3) is 5.91 Å². The average Bonchev–Trinajstić information content (AvgIpc) is 3.46. The van der Waals surface area contributed by atoms with E-state index in [2.05, 4.69) is 34.3 Å². The molecule has 2 N–H and O–H groups in total. The minimum atomic E-state index is -0.0928. The molecule has 1 amide bonds. The molecule has 0 saturated heterocycles. The van der Waals surface area contributed by atoms with Gasteiger partial charge in [-0.05, 0) is 54.3 Å². The lowest BCUT2D eigenvalue weighted by Gasteiger charge is -2.20. The van der Waals surface area contributed by atoms with Crippen molar-refractivity contribution < 1.29 is 4.79 Å². The number of imidazole rings is 1. The molecular formula is C28H28ClN5O. The molecule has 5 aromatic rings. The Bertz CT molecular complexity index is 1480. The second-order valence-electron chi connectivity index (χ2n) is 8.73. The van der Waals surface area contributed by atoms with Crippen molar-refractivity contribution in [1.82, 2.24) is 19.7 Å². The first-order valence-electron chi connectivity index (χ1n) is 11.8. The van der Waals surface area contributed by atoms with E-state index in [-0.39, 0.29) is 5.91 Å². The van der Waals surface area contributed by atoms with E-state index in [4.69, 9.17) is 16.6 Å². The molecule has 0 aliphatic carbocycles. The highest BCUT2D eigenvalue weighted by atomic mass is 35.5. The second kappa shape index (κ2) is 9.84. The summed E-state index contributed by atoms with van der Waals surface area (Å²) in [4.78, 5) is 23.2. The Morgan fingerprint density at radius 2 is 1.91 bits per heavy atom. The van der Waals surface area contributed by atoms with Crippen LogP contribution in [0.3, 0.4) is 0 Å². The summed E-state index contributed by atoms with van der Waals surface area (Å²) < 4.78 is 2.02. The fourth-order valence-electron chi connectivity index (χ4n) is 4.55. The van der Waals surface area contributed by atoms with Crippen LogP contribution in [0.5, 0.6) is 0 Å². The van der Waals surface area contributed by atoms with Crippen LogP contribution in [0, 0.1) is 0 Å². The summed E-state index contributed by atoms with van der Waals surface area (Å²) >= 11 is 6.04.